The lowest BCUT2D eigenvalue weighted by Gasteiger charge is -2.22. The Kier molecular flexibility index (Phi) is 6.87. The van der Waals surface area contributed by atoms with Crippen LogP contribution in [0, 0.1) is 12.8 Å². The summed E-state index contributed by atoms with van der Waals surface area (Å²) in [5.41, 5.74) is 2.08. The number of rotatable bonds is 8. The van der Waals surface area contributed by atoms with Gasteiger partial charge in [0.15, 0.2) is 0 Å². The Labute approximate surface area is 122 Å². The minimum atomic E-state index is 0.488. The molecule has 4 heteroatoms. The third-order valence-electron chi connectivity index (χ3n) is 3.77. The number of halogens is 1. The summed E-state index contributed by atoms with van der Waals surface area (Å²) in [4.78, 5) is 0. The van der Waals surface area contributed by atoms with E-state index in [1.807, 2.05) is 18.7 Å². The van der Waals surface area contributed by atoms with Crippen molar-refractivity contribution in [1.82, 2.24) is 15.1 Å². The van der Waals surface area contributed by atoms with Crippen molar-refractivity contribution in [2.24, 2.45) is 13.0 Å². The zero-order chi connectivity index (χ0) is 14.4. The van der Waals surface area contributed by atoms with E-state index < -0.39 is 0 Å². The molecule has 0 fully saturated rings. The molecule has 0 bridgehead atoms. The first-order chi connectivity index (χ1) is 8.99. The zero-order valence-corrected chi connectivity index (χ0v) is 13.7. The van der Waals surface area contributed by atoms with Gasteiger partial charge in [-0.15, -0.1) is 0 Å². The molecule has 1 aromatic rings. The first-order valence-corrected chi connectivity index (χ1v) is 7.78. The van der Waals surface area contributed by atoms with Crippen LogP contribution >= 0.6 is 11.6 Å². The summed E-state index contributed by atoms with van der Waals surface area (Å²) in [5.74, 6) is 0.738. The van der Waals surface area contributed by atoms with Crippen molar-refractivity contribution >= 4 is 11.6 Å². The molecule has 1 heterocycles. The molecule has 0 radical (unpaired) electrons. The lowest BCUT2D eigenvalue weighted by atomic mass is 9.96. The van der Waals surface area contributed by atoms with Gasteiger partial charge >= 0.3 is 0 Å². The highest BCUT2D eigenvalue weighted by Crippen LogP contribution is 2.22. The predicted molar refractivity (Wildman–Crippen MR) is 82.8 cm³/mol. The van der Waals surface area contributed by atoms with Crippen LogP contribution in [-0.2, 0) is 13.5 Å². The third-order valence-corrected chi connectivity index (χ3v) is 4.26. The van der Waals surface area contributed by atoms with Gasteiger partial charge in [-0.25, -0.2) is 0 Å². The molecular formula is C15H28ClN3. The fourth-order valence-corrected chi connectivity index (χ4v) is 2.61. The number of hydrogen-bond donors (Lipinski definition) is 1. The van der Waals surface area contributed by atoms with E-state index in [-0.39, 0.29) is 0 Å². The van der Waals surface area contributed by atoms with Gasteiger partial charge in [-0.1, -0.05) is 38.8 Å². The van der Waals surface area contributed by atoms with Crippen molar-refractivity contribution in [1.29, 1.82) is 0 Å². The molecule has 0 spiro atoms. The molecule has 19 heavy (non-hydrogen) atoms. The standard InChI is InChI=1S/C15H28ClN3/c1-6-8-17-13(9-11(3)7-2)10-14-15(16)12(4)18-19(14)5/h11,13,17H,6-10H2,1-5H3. The fraction of sp³-hybridized carbons (Fsp3) is 0.800. The fourth-order valence-electron chi connectivity index (χ4n) is 2.37. The Balaban J connectivity index is 2.75. The smallest absolute Gasteiger partial charge is 0.0847 e. The Morgan fingerprint density at radius 3 is 2.53 bits per heavy atom. The third kappa shape index (κ3) is 4.81. The van der Waals surface area contributed by atoms with Crippen LogP contribution in [0.15, 0.2) is 0 Å². The Hall–Kier alpha value is -0.540. The monoisotopic (exact) mass is 285 g/mol. The van der Waals surface area contributed by atoms with Gasteiger partial charge in [-0.05, 0) is 32.2 Å². The molecule has 0 saturated carbocycles. The number of nitrogens with zero attached hydrogens (tertiary/aromatic N) is 2. The van der Waals surface area contributed by atoms with Gasteiger partial charge in [-0.2, -0.15) is 5.10 Å². The maximum Gasteiger partial charge on any atom is 0.0847 e. The second-order valence-electron chi connectivity index (χ2n) is 5.57. The minimum absolute atomic E-state index is 0.488. The topological polar surface area (TPSA) is 29.9 Å². The number of hydrogen-bond acceptors (Lipinski definition) is 2. The van der Waals surface area contributed by atoms with Gasteiger partial charge in [-0.3, -0.25) is 4.68 Å². The average molecular weight is 286 g/mol. The lowest BCUT2D eigenvalue weighted by molar-refractivity contribution is 0.386. The molecule has 1 rings (SSSR count). The maximum absolute atomic E-state index is 6.35. The van der Waals surface area contributed by atoms with Crippen LogP contribution in [0.4, 0.5) is 0 Å². The number of nitrogens with one attached hydrogen (secondary N) is 1. The molecule has 3 nitrogen and oxygen atoms in total. The van der Waals surface area contributed by atoms with Crippen LogP contribution in [0.3, 0.4) is 0 Å². The van der Waals surface area contributed by atoms with Gasteiger partial charge in [0.2, 0.25) is 0 Å². The molecule has 0 amide bonds. The van der Waals surface area contributed by atoms with Crippen molar-refractivity contribution in [2.75, 3.05) is 6.54 Å². The van der Waals surface area contributed by atoms with E-state index in [0.29, 0.717) is 6.04 Å². The Bertz CT molecular complexity index is 387. The van der Waals surface area contributed by atoms with Crippen LogP contribution in [0.5, 0.6) is 0 Å². The average Bonchev–Trinajstić information content (AvgIpc) is 2.62. The number of aryl methyl sites for hydroxylation is 2. The highest BCUT2D eigenvalue weighted by molar-refractivity contribution is 6.31. The SMILES string of the molecule is CCCNC(Cc1c(Cl)c(C)nn1C)CC(C)CC. The summed E-state index contributed by atoms with van der Waals surface area (Å²) in [6.45, 7) is 9.80. The maximum atomic E-state index is 6.35. The van der Waals surface area contributed by atoms with Crippen molar-refractivity contribution in [3.8, 4) is 0 Å². The first kappa shape index (κ1) is 16.5. The van der Waals surface area contributed by atoms with Crippen molar-refractivity contribution in [3.63, 3.8) is 0 Å². The van der Waals surface area contributed by atoms with Gasteiger partial charge < -0.3 is 5.32 Å². The molecule has 0 aliphatic heterocycles. The molecule has 2 unspecified atom stereocenters. The first-order valence-electron chi connectivity index (χ1n) is 7.40. The van der Waals surface area contributed by atoms with Crippen molar-refractivity contribution in [3.05, 3.63) is 16.4 Å². The Morgan fingerprint density at radius 1 is 1.37 bits per heavy atom. The summed E-state index contributed by atoms with van der Waals surface area (Å²) in [7, 11) is 1.98. The van der Waals surface area contributed by atoms with E-state index in [0.717, 1.165) is 41.7 Å². The highest BCUT2D eigenvalue weighted by atomic mass is 35.5. The van der Waals surface area contributed by atoms with Crippen LogP contribution < -0.4 is 5.32 Å². The molecule has 0 saturated heterocycles. The van der Waals surface area contributed by atoms with Gasteiger partial charge in [0.1, 0.15) is 0 Å². The largest absolute Gasteiger partial charge is 0.314 e. The van der Waals surface area contributed by atoms with E-state index in [1.165, 1.54) is 12.8 Å². The quantitative estimate of drug-likeness (QED) is 0.789. The van der Waals surface area contributed by atoms with Crippen LogP contribution in [0.2, 0.25) is 5.02 Å². The summed E-state index contributed by atoms with van der Waals surface area (Å²) in [6.07, 6.45) is 4.54. The van der Waals surface area contributed by atoms with Crippen molar-refractivity contribution in [2.45, 2.75) is 59.4 Å². The summed E-state index contributed by atoms with van der Waals surface area (Å²) < 4.78 is 1.93. The van der Waals surface area contributed by atoms with E-state index >= 15 is 0 Å². The predicted octanol–water partition coefficient (Wildman–Crippen LogP) is 3.73. The van der Waals surface area contributed by atoms with Gasteiger partial charge in [0, 0.05) is 19.5 Å². The van der Waals surface area contributed by atoms with E-state index in [4.69, 9.17) is 11.6 Å². The summed E-state index contributed by atoms with van der Waals surface area (Å²) in [5, 5.41) is 8.88. The summed E-state index contributed by atoms with van der Waals surface area (Å²) in [6, 6.07) is 0.488. The molecular weight excluding hydrogens is 258 g/mol. The van der Waals surface area contributed by atoms with Crippen LogP contribution in [-0.4, -0.2) is 22.4 Å². The highest BCUT2D eigenvalue weighted by Gasteiger charge is 2.18. The van der Waals surface area contributed by atoms with E-state index in [1.54, 1.807) is 0 Å². The van der Waals surface area contributed by atoms with E-state index in [2.05, 4.69) is 31.2 Å². The summed E-state index contributed by atoms with van der Waals surface area (Å²) >= 11 is 6.35. The Morgan fingerprint density at radius 2 is 2.05 bits per heavy atom. The van der Waals surface area contributed by atoms with Crippen molar-refractivity contribution < 1.29 is 0 Å². The second-order valence-corrected chi connectivity index (χ2v) is 5.95. The van der Waals surface area contributed by atoms with Crippen LogP contribution in [0.1, 0.15) is 51.4 Å². The zero-order valence-electron chi connectivity index (χ0n) is 13.0. The molecule has 2 atom stereocenters. The van der Waals surface area contributed by atoms with Gasteiger partial charge in [0.05, 0.1) is 16.4 Å². The van der Waals surface area contributed by atoms with Crippen LogP contribution in [0.25, 0.3) is 0 Å². The lowest BCUT2D eigenvalue weighted by Crippen LogP contribution is -2.34. The molecule has 1 aromatic heterocycles. The molecule has 110 valence electrons. The normalized spacial score (nSPS) is 14.6. The molecule has 0 aromatic carbocycles. The van der Waals surface area contributed by atoms with E-state index in [9.17, 15) is 0 Å². The molecule has 1 N–H and O–H groups in total. The minimum Gasteiger partial charge on any atom is -0.314 e. The molecule has 0 aliphatic rings. The van der Waals surface area contributed by atoms with Gasteiger partial charge in [0.25, 0.3) is 0 Å². The molecule has 0 aliphatic carbocycles. The second kappa shape index (κ2) is 7.91. The number of aromatic nitrogens is 2.